The molecular weight excluding hydrogens is 316 g/mol. The first-order valence-electron chi connectivity index (χ1n) is 8.56. The zero-order valence-electron chi connectivity index (χ0n) is 14.2. The van der Waals surface area contributed by atoms with Gasteiger partial charge in [0.25, 0.3) is 0 Å². The van der Waals surface area contributed by atoms with Gasteiger partial charge in [0.05, 0.1) is 12.3 Å². The van der Waals surface area contributed by atoms with E-state index in [0.29, 0.717) is 5.92 Å². The van der Waals surface area contributed by atoms with Gasteiger partial charge in [-0.15, -0.1) is 0 Å². The number of aryl methyl sites for hydroxylation is 1. The number of hydrogen-bond acceptors (Lipinski definition) is 5. The molecule has 0 radical (unpaired) electrons. The molecule has 2 atom stereocenters. The van der Waals surface area contributed by atoms with Crippen molar-refractivity contribution in [1.29, 1.82) is 0 Å². The summed E-state index contributed by atoms with van der Waals surface area (Å²) in [5.74, 6) is 1.32. The molecule has 1 aliphatic rings. The number of ether oxygens (including phenoxy) is 1. The van der Waals surface area contributed by atoms with Gasteiger partial charge in [-0.2, -0.15) is 10.2 Å². The number of nitrogens with one attached hydrogen (secondary N) is 1. The maximum absolute atomic E-state index is 5.93. The molecule has 4 heterocycles. The monoisotopic (exact) mass is 338 g/mol. The first kappa shape index (κ1) is 16.0. The quantitative estimate of drug-likeness (QED) is 0.743. The van der Waals surface area contributed by atoms with Gasteiger partial charge in [-0.3, -0.25) is 4.68 Å². The summed E-state index contributed by atoms with van der Waals surface area (Å²) in [6.45, 7) is 2.45. The fraction of sp³-hybridized carbons (Fsp3) is 0.389. The van der Waals surface area contributed by atoms with Gasteiger partial charge < -0.3 is 10.1 Å². The van der Waals surface area contributed by atoms with Crippen LogP contribution in [0.25, 0.3) is 5.82 Å². The van der Waals surface area contributed by atoms with E-state index in [2.05, 4.69) is 26.6 Å². The van der Waals surface area contributed by atoms with E-state index in [9.17, 15) is 0 Å². The number of rotatable bonds is 6. The van der Waals surface area contributed by atoms with Crippen LogP contribution in [0.4, 0.5) is 0 Å². The van der Waals surface area contributed by atoms with Crippen LogP contribution in [0, 0.1) is 5.92 Å². The summed E-state index contributed by atoms with van der Waals surface area (Å²) in [5.41, 5.74) is 2.29. The van der Waals surface area contributed by atoms with Crippen molar-refractivity contribution in [2.75, 3.05) is 13.2 Å². The average Bonchev–Trinajstić information content (AvgIpc) is 3.36. The normalized spacial score (nSPS) is 20.2. The van der Waals surface area contributed by atoms with Crippen molar-refractivity contribution < 1.29 is 4.74 Å². The Balaban J connectivity index is 1.40. The van der Waals surface area contributed by atoms with Crippen LogP contribution < -0.4 is 5.32 Å². The van der Waals surface area contributed by atoms with Crippen LogP contribution in [-0.2, 0) is 18.3 Å². The Labute approximate surface area is 146 Å². The highest BCUT2D eigenvalue weighted by Gasteiger charge is 2.30. The van der Waals surface area contributed by atoms with Crippen LogP contribution >= 0.6 is 0 Å². The lowest BCUT2D eigenvalue weighted by Crippen LogP contribution is -2.25. The molecular formula is C18H22N6O. The maximum Gasteiger partial charge on any atom is 0.157 e. The molecule has 0 bridgehead atoms. The lowest BCUT2D eigenvalue weighted by atomic mass is 9.97. The van der Waals surface area contributed by atoms with Crippen LogP contribution in [0.2, 0.25) is 0 Å². The number of aromatic nitrogens is 5. The smallest absolute Gasteiger partial charge is 0.157 e. The Bertz CT molecular complexity index is 813. The zero-order chi connectivity index (χ0) is 17.1. The minimum absolute atomic E-state index is 0.126. The van der Waals surface area contributed by atoms with Crippen molar-refractivity contribution in [1.82, 2.24) is 29.9 Å². The molecule has 0 aromatic carbocycles. The van der Waals surface area contributed by atoms with Crippen molar-refractivity contribution in [3.05, 3.63) is 60.3 Å². The van der Waals surface area contributed by atoms with Gasteiger partial charge in [0.1, 0.15) is 0 Å². The van der Waals surface area contributed by atoms with Crippen molar-refractivity contribution in [2.24, 2.45) is 13.0 Å². The average molecular weight is 338 g/mol. The van der Waals surface area contributed by atoms with E-state index in [0.717, 1.165) is 43.1 Å². The van der Waals surface area contributed by atoms with Gasteiger partial charge in [0.2, 0.25) is 0 Å². The third-order valence-electron chi connectivity index (χ3n) is 4.58. The molecule has 7 nitrogen and oxygen atoms in total. The van der Waals surface area contributed by atoms with E-state index in [1.165, 1.54) is 0 Å². The van der Waals surface area contributed by atoms with Crippen LogP contribution in [0.3, 0.4) is 0 Å². The lowest BCUT2D eigenvalue weighted by Gasteiger charge is -2.18. The third-order valence-corrected chi connectivity index (χ3v) is 4.58. The predicted octanol–water partition coefficient (Wildman–Crippen LogP) is 1.87. The van der Waals surface area contributed by atoms with Crippen molar-refractivity contribution in [2.45, 2.75) is 19.1 Å². The molecule has 0 aliphatic carbocycles. The Morgan fingerprint density at radius 2 is 2.24 bits per heavy atom. The van der Waals surface area contributed by atoms with Crippen LogP contribution in [-0.4, -0.2) is 37.7 Å². The second-order valence-electron chi connectivity index (χ2n) is 6.36. The van der Waals surface area contributed by atoms with E-state index in [-0.39, 0.29) is 6.10 Å². The van der Waals surface area contributed by atoms with Crippen molar-refractivity contribution in [3.8, 4) is 5.82 Å². The molecule has 25 heavy (non-hydrogen) atoms. The first-order valence-corrected chi connectivity index (χ1v) is 8.56. The van der Waals surface area contributed by atoms with Gasteiger partial charge in [0, 0.05) is 68.6 Å². The standard InChI is InChI=1S/C18H22N6O/c1-23-13-16(12-22-23)17-14(5-9-25-17)10-19-11-15-4-2-6-20-18(15)24-8-3-7-21-24/h2-4,6-8,12-14,17,19H,5,9-11H2,1H3/t14-,17+/m1/s1. The largest absolute Gasteiger partial charge is 0.373 e. The fourth-order valence-electron chi connectivity index (χ4n) is 3.36. The minimum atomic E-state index is 0.126. The number of hydrogen-bond donors (Lipinski definition) is 1. The highest BCUT2D eigenvalue weighted by atomic mass is 16.5. The summed E-state index contributed by atoms with van der Waals surface area (Å²) in [5, 5.41) is 12.1. The van der Waals surface area contributed by atoms with Gasteiger partial charge in [0.15, 0.2) is 5.82 Å². The summed E-state index contributed by atoms with van der Waals surface area (Å²) >= 11 is 0. The van der Waals surface area contributed by atoms with Gasteiger partial charge in [-0.05, 0) is 18.6 Å². The summed E-state index contributed by atoms with van der Waals surface area (Å²) in [4.78, 5) is 4.46. The van der Waals surface area contributed by atoms with Gasteiger partial charge >= 0.3 is 0 Å². The third kappa shape index (κ3) is 3.47. The molecule has 0 amide bonds. The molecule has 1 fully saturated rings. The molecule has 4 rings (SSSR count). The molecule has 130 valence electrons. The maximum atomic E-state index is 5.93. The Morgan fingerprint density at radius 1 is 1.28 bits per heavy atom. The number of nitrogens with zero attached hydrogens (tertiary/aromatic N) is 5. The molecule has 0 saturated carbocycles. The summed E-state index contributed by atoms with van der Waals surface area (Å²) in [6.07, 6.45) is 10.6. The molecule has 1 aliphatic heterocycles. The van der Waals surface area contributed by atoms with Gasteiger partial charge in [-0.25, -0.2) is 9.67 Å². The molecule has 0 unspecified atom stereocenters. The molecule has 0 spiro atoms. The second kappa shape index (κ2) is 7.16. The van der Waals surface area contributed by atoms with E-state index in [4.69, 9.17) is 4.74 Å². The second-order valence-corrected chi connectivity index (χ2v) is 6.36. The van der Waals surface area contributed by atoms with E-state index < -0.39 is 0 Å². The molecule has 7 heteroatoms. The Kier molecular flexibility index (Phi) is 4.58. The molecule has 1 N–H and O–H groups in total. The fourth-order valence-corrected chi connectivity index (χ4v) is 3.36. The Hall–Kier alpha value is -2.51. The lowest BCUT2D eigenvalue weighted by molar-refractivity contribution is 0.0904. The first-order chi connectivity index (χ1) is 12.3. The zero-order valence-corrected chi connectivity index (χ0v) is 14.2. The molecule has 3 aromatic heterocycles. The van der Waals surface area contributed by atoms with Crippen molar-refractivity contribution >= 4 is 0 Å². The van der Waals surface area contributed by atoms with Crippen LogP contribution in [0.15, 0.2) is 49.2 Å². The summed E-state index contributed by atoms with van der Waals surface area (Å²) < 4.78 is 9.56. The summed E-state index contributed by atoms with van der Waals surface area (Å²) in [7, 11) is 1.94. The van der Waals surface area contributed by atoms with E-state index >= 15 is 0 Å². The van der Waals surface area contributed by atoms with Gasteiger partial charge in [-0.1, -0.05) is 6.07 Å². The molecule has 3 aromatic rings. The minimum Gasteiger partial charge on any atom is -0.373 e. The highest BCUT2D eigenvalue weighted by Crippen LogP contribution is 2.33. The number of pyridine rings is 1. The Morgan fingerprint density at radius 3 is 3.04 bits per heavy atom. The van der Waals surface area contributed by atoms with E-state index in [1.54, 1.807) is 17.1 Å². The van der Waals surface area contributed by atoms with Crippen LogP contribution in [0.1, 0.15) is 23.7 Å². The topological polar surface area (TPSA) is 69.8 Å². The molecule has 1 saturated heterocycles. The summed E-state index contributed by atoms with van der Waals surface area (Å²) in [6, 6.07) is 5.95. The predicted molar refractivity (Wildman–Crippen MR) is 93.1 cm³/mol. The van der Waals surface area contributed by atoms with Crippen LogP contribution in [0.5, 0.6) is 0 Å². The SMILES string of the molecule is Cn1cc([C@H]2OCC[C@@H]2CNCc2cccnc2-n2cccn2)cn1. The van der Waals surface area contributed by atoms with E-state index in [1.807, 2.05) is 42.5 Å². The highest BCUT2D eigenvalue weighted by molar-refractivity contribution is 5.32. The van der Waals surface area contributed by atoms with Crippen molar-refractivity contribution in [3.63, 3.8) is 0 Å².